The van der Waals surface area contributed by atoms with Gasteiger partial charge in [-0.25, -0.2) is 4.79 Å². The Hall–Kier alpha value is -1.50. The summed E-state index contributed by atoms with van der Waals surface area (Å²) in [5, 5.41) is 0. The minimum atomic E-state index is -5.03. The standard InChI is InChI=1S/C10H11BF3O3/c1-16-9(10(15)17-2)7-3-5-8(6-4-7)11(12,13)14/h3-6,9H,1-2H3/q-1. The maximum Gasteiger partial charge on any atom is 0.509 e. The molecule has 0 spiro atoms. The highest BCUT2D eigenvalue weighted by molar-refractivity contribution is 6.73. The van der Waals surface area contributed by atoms with E-state index >= 15 is 0 Å². The number of hydrogen-bond donors (Lipinski definition) is 0. The van der Waals surface area contributed by atoms with Gasteiger partial charge < -0.3 is 22.4 Å². The summed E-state index contributed by atoms with van der Waals surface area (Å²) in [5.41, 5.74) is -0.392. The monoisotopic (exact) mass is 247 g/mol. The van der Waals surface area contributed by atoms with E-state index in [2.05, 4.69) is 4.74 Å². The van der Waals surface area contributed by atoms with Crippen LogP contribution in [-0.2, 0) is 14.3 Å². The Balaban J connectivity index is 2.97. The zero-order valence-electron chi connectivity index (χ0n) is 9.32. The summed E-state index contributed by atoms with van der Waals surface area (Å²) >= 11 is 0. The first-order chi connectivity index (χ1) is 7.90. The van der Waals surface area contributed by atoms with Crippen molar-refractivity contribution in [2.45, 2.75) is 6.10 Å². The summed E-state index contributed by atoms with van der Waals surface area (Å²) in [5.74, 6) is -0.655. The Morgan fingerprint density at radius 2 is 1.71 bits per heavy atom. The van der Waals surface area contributed by atoms with Gasteiger partial charge >= 0.3 is 12.9 Å². The molecule has 3 nitrogen and oxygen atoms in total. The van der Waals surface area contributed by atoms with E-state index < -0.39 is 24.5 Å². The molecule has 0 fully saturated rings. The first-order valence-corrected chi connectivity index (χ1v) is 4.80. The third-order valence-electron chi connectivity index (χ3n) is 2.27. The minimum Gasteiger partial charge on any atom is -0.467 e. The molecule has 1 atom stereocenters. The van der Waals surface area contributed by atoms with Crippen LogP contribution in [0.3, 0.4) is 0 Å². The molecule has 0 aliphatic rings. The van der Waals surface area contributed by atoms with Crippen molar-refractivity contribution in [3.63, 3.8) is 0 Å². The van der Waals surface area contributed by atoms with Crippen molar-refractivity contribution in [3.05, 3.63) is 29.8 Å². The Labute approximate surface area is 96.6 Å². The third-order valence-corrected chi connectivity index (χ3v) is 2.27. The van der Waals surface area contributed by atoms with Crippen LogP contribution in [0, 0.1) is 0 Å². The lowest BCUT2D eigenvalue weighted by Gasteiger charge is -2.17. The number of rotatable bonds is 4. The lowest BCUT2D eigenvalue weighted by molar-refractivity contribution is -0.152. The molecule has 1 aromatic rings. The van der Waals surface area contributed by atoms with Crippen LogP contribution in [-0.4, -0.2) is 27.2 Å². The lowest BCUT2D eigenvalue weighted by Crippen LogP contribution is -2.33. The Morgan fingerprint density at radius 3 is 2.06 bits per heavy atom. The summed E-state index contributed by atoms with van der Waals surface area (Å²) in [4.78, 5) is 11.3. The largest absolute Gasteiger partial charge is 0.509 e. The number of benzene rings is 1. The number of halogens is 3. The zero-order chi connectivity index (χ0) is 13.1. The fourth-order valence-corrected chi connectivity index (χ4v) is 1.36. The van der Waals surface area contributed by atoms with Gasteiger partial charge in [0.2, 0.25) is 0 Å². The van der Waals surface area contributed by atoms with Crippen molar-refractivity contribution >= 4 is 18.4 Å². The first kappa shape index (κ1) is 13.6. The molecule has 7 heteroatoms. The Kier molecular flexibility index (Phi) is 4.17. The van der Waals surface area contributed by atoms with E-state index in [1.54, 1.807) is 0 Å². The summed E-state index contributed by atoms with van der Waals surface area (Å²) in [7, 11) is 2.46. The minimum absolute atomic E-state index is 0.322. The average Bonchev–Trinajstić information content (AvgIpc) is 2.29. The number of carbonyl (C=O) groups is 1. The molecule has 0 aliphatic heterocycles. The lowest BCUT2D eigenvalue weighted by atomic mass is 9.80. The molecule has 0 saturated carbocycles. The normalized spacial score (nSPS) is 13.2. The van der Waals surface area contributed by atoms with Crippen LogP contribution < -0.4 is 5.46 Å². The van der Waals surface area contributed by atoms with Crippen LogP contribution >= 0.6 is 0 Å². The van der Waals surface area contributed by atoms with E-state index in [9.17, 15) is 17.7 Å². The number of esters is 1. The highest BCUT2D eigenvalue weighted by Gasteiger charge is 2.26. The molecule has 17 heavy (non-hydrogen) atoms. The Bertz CT molecular complexity index is 389. The fourth-order valence-electron chi connectivity index (χ4n) is 1.36. The summed E-state index contributed by atoms with van der Waals surface area (Å²) in [6.45, 7) is -5.03. The summed E-state index contributed by atoms with van der Waals surface area (Å²) in [6.07, 6.45) is -1.00. The number of hydrogen-bond acceptors (Lipinski definition) is 3. The first-order valence-electron chi connectivity index (χ1n) is 4.80. The van der Waals surface area contributed by atoms with Crippen LogP contribution in [0.1, 0.15) is 11.7 Å². The van der Waals surface area contributed by atoms with Gasteiger partial charge in [-0.15, -0.1) is 5.46 Å². The molecule has 0 radical (unpaired) electrons. The second-order valence-electron chi connectivity index (χ2n) is 3.38. The van der Waals surface area contributed by atoms with E-state index in [4.69, 9.17) is 4.74 Å². The molecule has 1 unspecified atom stereocenters. The van der Waals surface area contributed by atoms with Gasteiger partial charge in [-0.1, -0.05) is 24.3 Å². The predicted octanol–water partition coefficient (Wildman–Crippen LogP) is 1.60. The molecule has 1 rings (SSSR count). The van der Waals surface area contributed by atoms with Gasteiger partial charge in [0.05, 0.1) is 7.11 Å². The Morgan fingerprint density at radius 1 is 1.18 bits per heavy atom. The number of methoxy groups -OCH3 is 2. The van der Waals surface area contributed by atoms with Gasteiger partial charge in [-0.3, -0.25) is 0 Å². The molecule has 0 amide bonds. The number of carbonyl (C=O) groups excluding carboxylic acids is 1. The second-order valence-corrected chi connectivity index (χ2v) is 3.38. The molecule has 1 aromatic carbocycles. The van der Waals surface area contributed by atoms with Gasteiger partial charge in [0.25, 0.3) is 0 Å². The van der Waals surface area contributed by atoms with Crippen molar-refractivity contribution in [1.29, 1.82) is 0 Å². The van der Waals surface area contributed by atoms with Crippen LogP contribution in [0.15, 0.2) is 24.3 Å². The van der Waals surface area contributed by atoms with E-state index in [0.717, 1.165) is 12.1 Å². The highest BCUT2D eigenvalue weighted by Crippen LogP contribution is 2.18. The van der Waals surface area contributed by atoms with Gasteiger partial charge in [0, 0.05) is 7.11 Å². The van der Waals surface area contributed by atoms with Gasteiger partial charge in [0.15, 0.2) is 6.10 Å². The van der Waals surface area contributed by atoms with Gasteiger partial charge in [0.1, 0.15) is 0 Å². The van der Waals surface area contributed by atoms with Gasteiger partial charge in [-0.05, 0) is 5.56 Å². The topological polar surface area (TPSA) is 35.5 Å². The van der Waals surface area contributed by atoms with Crippen molar-refractivity contribution in [2.75, 3.05) is 14.2 Å². The summed E-state index contributed by atoms with van der Waals surface area (Å²) < 4.78 is 46.4. The molecular formula is C10H11BF3O3-. The molecule has 0 saturated heterocycles. The predicted molar refractivity (Wildman–Crippen MR) is 56.9 cm³/mol. The highest BCUT2D eigenvalue weighted by atomic mass is 19.4. The third kappa shape index (κ3) is 3.23. The molecule has 94 valence electrons. The average molecular weight is 247 g/mol. The quantitative estimate of drug-likeness (QED) is 0.598. The van der Waals surface area contributed by atoms with Crippen molar-refractivity contribution in [1.82, 2.24) is 0 Å². The molecule has 0 aliphatic carbocycles. The second kappa shape index (κ2) is 5.22. The molecular weight excluding hydrogens is 236 g/mol. The van der Waals surface area contributed by atoms with Crippen LogP contribution in [0.5, 0.6) is 0 Å². The maximum absolute atomic E-state index is 12.4. The SMILES string of the molecule is COC(=O)C(OC)c1ccc([B-](F)(F)F)cc1. The van der Waals surface area contributed by atoms with Gasteiger partial charge in [-0.2, -0.15) is 0 Å². The van der Waals surface area contributed by atoms with Crippen LogP contribution in [0.4, 0.5) is 12.9 Å². The molecule has 0 heterocycles. The zero-order valence-corrected chi connectivity index (χ0v) is 9.32. The van der Waals surface area contributed by atoms with Crippen molar-refractivity contribution in [3.8, 4) is 0 Å². The van der Waals surface area contributed by atoms with Crippen LogP contribution in [0.25, 0.3) is 0 Å². The van der Waals surface area contributed by atoms with Crippen molar-refractivity contribution < 1.29 is 27.2 Å². The molecule has 0 aromatic heterocycles. The van der Waals surface area contributed by atoms with E-state index in [1.165, 1.54) is 26.4 Å². The van der Waals surface area contributed by atoms with Crippen LogP contribution in [0.2, 0.25) is 0 Å². The molecule has 0 N–H and O–H groups in total. The summed E-state index contributed by atoms with van der Waals surface area (Å²) in [6, 6.07) is 4.25. The van der Waals surface area contributed by atoms with E-state index in [-0.39, 0.29) is 0 Å². The fraction of sp³-hybridized carbons (Fsp3) is 0.300. The maximum atomic E-state index is 12.4. The molecule has 0 bridgehead atoms. The smallest absolute Gasteiger partial charge is 0.467 e. The van der Waals surface area contributed by atoms with E-state index in [1.807, 2.05) is 0 Å². The van der Waals surface area contributed by atoms with Crippen molar-refractivity contribution in [2.24, 2.45) is 0 Å². The number of ether oxygens (including phenoxy) is 2. The van der Waals surface area contributed by atoms with E-state index in [0.29, 0.717) is 5.56 Å².